The first-order valence-corrected chi connectivity index (χ1v) is 8.00. The van der Waals surface area contributed by atoms with Crippen molar-refractivity contribution in [1.29, 1.82) is 0 Å². The molecule has 3 rings (SSSR count). The summed E-state index contributed by atoms with van der Waals surface area (Å²) >= 11 is 0. The third-order valence-corrected chi connectivity index (χ3v) is 3.93. The van der Waals surface area contributed by atoms with E-state index in [9.17, 15) is 13.6 Å². The maximum absolute atomic E-state index is 13.3. The molecule has 2 N–H and O–H groups in total. The van der Waals surface area contributed by atoms with Crippen molar-refractivity contribution in [3.63, 3.8) is 0 Å². The van der Waals surface area contributed by atoms with Gasteiger partial charge in [-0.2, -0.15) is 0 Å². The molecule has 0 aliphatic rings. The first-order chi connectivity index (χ1) is 12.4. The van der Waals surface area contributed by atoms with Crippen molar-refractivity contribution in [3.05, 3.63) is 83.1 Å². The Bertz CT molecular complexity index is 953. The molecule has 0 bridgehead atoms. The maximum Gasteiger partial charge on any atom is 0.255 e. The van der Waals surface area contributed by atoms with E-state index in [4.69, 9.17) is 0 Å². The number of aryl methyl sites for hydroxylation is 2. The third-order valence-electron chi connectivity index (χ3n) is 3.93. The van der Waals surface area contributed by atoms with E-state index >= 15 is 0 Å². The lowest BCUT2D eigenvalue weighted by molar-refractivity contribution is 0.102. The standard InChI is InChI=1S/C20H17F2N3O/c1-12-4-3-5-13(2)19(12)25-20(26)14-8-9-23-18(10-14)24-15-6-7-16(21)17(22)11-15/h3-11H,1-2H3,(H,23,24)(H,25,26). The Morgan fingerprint density at radius 1 is 0.962 bits per heavy atom. The number of carbonyl (C=O) groups excluding carboxylic acids is 1. The van der Waals surface area contributed by atoms with E-state index in [1.54, 1.807) is 12.1 Å². The van der Waals surface area contributed by atoms with Crippen molar-refractivity contribution in [2.24, 2.45) is 0 Å². The quantitative estimate of drug-likeness (QED) is 0.696. The van der Waals surface area contributed by atoms with Crippen LogP contribution in [0.1, 0.15) is 21.5 Å². The minimum Gasteiger partial charge on any atom is -0.340 e. The summed E-state index contributed by atoms with van der Waals surface area (Å²) in [6.07, 6.45) is 1.47. The van der Waals surface area contributed by atoms with E-state index < -0.39 is 11.6 Å². The average molecular weight is 353 g/mol. The van der Waals surface area contributed by atoms with Crippen LogP contribution in [-0.2, 0) is 0 Å². The van der Waals surface area contributed by atoms with Gasteiger partial charge in [-0.05, 0) is 49.2 Å². The average Bonchev–Trinajstić information content (AvgIpc) is 2.61. The number of nitrogens with zero attached hydrogens (tertiary/aromatic N) is 1. The molecular formula is C20H17F2N3O. The number of hydrogen-bond donors (Lipinski definition) is 2. The summed E-state index contributed by atoms with van der Waals surface area (Å²) in [7, 11) is 0. The molecular weight excluding hydrogens is 336 g/mol. The first-order valence-electron chi connectivity index (χ1n) is 8.00. The Balaban J connectivity index is 1.80. The number of amides is 1. The van der Waals surface area contributed by atoms with E-state index in [1.165, 1.54) is 12.3 Å². The summed E-state index contributed by atoms with van der Waals surface area (Å²) in [4.78, 5) is 16.6. The largest absolute Gasteiger partial charge is 0.340 e. The van der Waals surface area contributed by atoms with Gasteiger partial charge in [0.2, 0.25) is 0 Å². The van der Waals surface area contributed by atoms with Crippen LogP contribution in [0, 0.1) is 25.5 Å². The smallest absolute Gasteiger partial charge is 0.255 e. The van der Waals surface area contributed by atoms with Gasteiger partial charge in [0, 0.05) is 29.2 Å². The van der Waals surface area contributed by atoms with Crippen LogP contribution in [-0.4, -0.2) is 10.9 Å². The normalized spacial score (nSPS) is 10.5. The van der Waals surface area contributed by atoms with Crippen LogP contribution in [0.25, 0.3) is 0 Å². The Morgan fingerprint density at radius 2 is 1.69 bits per heavy atom. The monoisotopic (exact) mass is 353 g/mol. The van der Waals surface area contributed by atoms with Crippen LogP contribution in [0.5, 0.6) is 0 Å². The van der Waals surface area contributed by atoms with Gasteiger partial charge in [0.25, 0.3) is 5.91 Å². The van der Waals surface area contributed by atoms with Crippen molar-refractivity contribution >= 4 is 23.1 Å². The number of nitrogens with one attached hydrogen (secondary N) is 2. The molecule has 1 aromatic heterocycles. The van der Waals surface area contributed by atoms with Crippen molar-refractivity contribution in [3.8, 4) is 0 Å². The number of rotatable bonds is 4. The summed E-state index contributed by atoms with van der Waals surface area (Å²) < 4.78 is 26.3. The van der Waals surface area contributed by atoms with Crippen molar-refractivity contribution in [2.75, 3.05) is 10.6 Å². The lowest BCUT2D eigenvalue weighted by atomic mass is 10.1. The summed E-state index contributed by atoms with van der Waals surface area (Å²) in [6.45, 7) is 3.84. The minimum absolute atomic E-state index is 0.280. The highest BCUT2D eigenvalue weighted by Crippen LogP contribution is 2.22. The highest BCUT2D eigenvalue weighted by molar-refractivity contribution is 6.05. The predicted molar refractivity (Wildman–Crippen MR) is 97.7 cm³/mol. The molecule has 132 valence electrons. The molecule has 0 unspecified atom stereocenters. The summed E-state index contributed by atoms with van der Waals surface area (Å²) in [5.74, 6) is -1.81. The van der Waals surface area contributed by atoms with Crippen LogP contribution < -0.4 is 10.6 Å². The molecule has 0 saturated carbocycles. The zero-order valence-electron chi connectivity index (χ0n) is 14.3. The Morgan fingerprint density at radius 3 is 2.38 bits per heavy atom. The molecule has 2 aromatic carbocycles. The molecule has 6 heteroatoms. The molecule has 0 fully saturated rings. The van der Waals surface area contributed by atoms with Gasteiger partial charge in [-0.3, -0.25) is 4.79 Å². The molecule has 3 aromatic rings. The van der Waals surface area contributed by atoms with Gasteiger partial charge in [-0.1, -0.05) is 18.2 Å². The van der Waals surface area contributed by atoms with Crippen LogP contribution in [0.4, 0.5) is 26.0 Å². The van der Waals surface area contributed by atoms with E-state index in [-0.39, 0.29) is 5.91 Å². The SMILES string of the molecule is Cc1cccc(C)c1NC(=O)c1ccnc(Nc2ccc(F)c(F)c2)c1. The van der Waals surface area contributed by atoms with E-state index in [0.29, 0.717) is 17.1 Å². The topological polar surface area (TPSA) is 54.0 Å². The Hall–Kier alpha value is -3.28. The number of carbonyl (C=O) groups is 1. The fourth-order valence-electron chi connectivity index (χ4n) is 2.56. The van der Waals surface area contributed by atoms with Crippen LogP contribution in [0.15, 0.2) is 54.7 Å². The second-order valence-electron chi connectivity index (χ2n) is 5.90. The number of aromatic nitrogens is 1. The molecule has 0 spiro atoms. The molecule has 0 aliphatic heterocycles. The van der Waals surface area contributed by atoms with Crippen LogP contribution in [0.2, 0.25) is 0 Å². The fraction of sp³-hybridized carbons (Fsp3) is 0.100. The first kappa shape index (κ1) is 17.5. The summed E-state index contributed by atoms with van der Waals surface area (Å²) in [5, 5.41) is 5.75. The second-order valence-corrected chi connectivity index (χ2v) is 5.90. The molecule has 0 saturated heterocycles. The third kappa shape index (κ3) is 3.85. The Labute approximate surface area is 149 Å². The van der Waals surface area contributed by atoms with Gasteiger partial charge in [0.05, 0.1) is 0 Å². The van der Waals surface area contributed by atoms with E-state index in [1.807, 2.05) is 32.0 Å². The molecule has 0 atom stereocenters. The lowest BCUT2D eigenvalue weighted by Crippen LogP contribution is -2.14. The highest BCUT2D eigenvalue weighted by Gasteiger charge is 2.11. The molecule has 0 aliphatic carbocycles. The molecule has 1 amide bonds. The Kier molecular flexibility index (Phi) is 4.93. The molecule has 0 radical (unpaired) electrons. The van der Waals surface area contributed by atoms with Gasteiger partial charge in [-0.25, -0.2) is 13.8 Å². The van der Waals surface area contributed by atoms with Crippen molar-refractivity contribution < 1.29 is 13.6 Å². The summed E-state index contributed by atoms with van der Waals surface area (Å²) in [5.41, 5.74) is 3.43. The van der Waals surface area contributed by atoms with Crippen molar-refractivity contribution in [1.82, 2.24) is 4.98 Å². The molecule has 26 heavy (non-hydrogen) atoms. The maximum atomic E-state index is 13.3. The van der Waals surface area contributed by atoms with Gasteiger partial charge in [-0.15, -0.1) is 0 Å². The number of para-hydroxylation sites is 1. The van der Waals surface area contributed by atoms with Gasteiger partial charge >= 0.3 is 0 Å². The van der Waals surface area contributed by atoms with Gasteiger partial charge in [0.15, 0.2) is 11.6 Å². The summed E-state index contributed by atoms with van der Waals surface area (Å²) in [6, 6.07) is 12.3. The minimum atomic E-state index is -0.959. The number of pyridine rings is 1. The van der Waals surface area contributed by atoms with E-state index in [2.05, 4.69) is 15.6 Å². The van der Waals surface area contributed by atoms with E-state index in [0.717, 1.165) is 28.9 Å². The number of anilines is 3. The highest BCUT2D eigenvalue weighted by atomic mass is 19.2. The van der Waals surface area contributed by atoms with Crippen molar-refractivity contribution in [2.45, 2.75) is 13.8 Å². The molecule has 1 heterocycles. The lowest BCUT2D eigenvalue weighted by Gasteiger charge is -2.12. The number of hydrogen-bond acceptors (Lipinski definition) is 3. The number of benzene rings is 2. The predicted octanol–water partition coefficient (Wildman–Crippen LogP) is 4.97. The number of halogens is 2. The van der Waals surface area contributed by atoms with Gasteiger partial charge < -0.3 is 10.6 Å². The second kappa shape index (κ2) is 7.31. The van der Waals surface area contributed by atoms with Crippen LogP contribution in [0.3, 0.4) is 0 Å². The zero-order valence-corrected chi connectivity index (χ0v) is 14.3. The van der Waals surface area contributed by atoms with Crippen LogP contribution >= 0.6 is 0 Å². The zero-order chi connectivity index (χ0) is 18.7. The molecule has 4 nitrogen and oxygen atoms in total. The van der Waals surface area contributed by atoms with Gasteiger partial charge in [0.1, 0.15) is 5.82 Å². The fourth-order valence-corrected chi connectivity index (χ4v) is 2.56.